The number of halogens is 4. The van der Waals surface area contributed by atoms with Crippen LogP contribution in [-0.4, -0.2) is 6.61 Å². The molecule has 20 heavy (non-hydrogen) atoms. The highest BCUT2D eigenvalue weighted by molar-refractivity contribution is 6.35. The fourth-order valence-corrected chi connectivity index (χ4v) is 2.12. The highest BCUT2D eigenvalue weighted by Crippen LogP contribution is 2.35. The van der Waals surface area contributed by atoms with Crippen molar-refractivity contribution in [2.45, 2.75) is 0 Å². The minimum Gasteiger partial charge on any atom is -0.489 e. The van der Waals surface area contributed by atoms with E-state index in [0.29, 0.717) is 5.02 Å². The molecule has 5 heteroatoms. The normalized spacial score (nSPS) is 10.4. The molecule has 0 atom stereocenters. The van der Waals surface area contributed by atoms with Crippen LogP contribution in [0.2, 0.25) is 10.0 Å². The van der Waals surface area contributed by atoms with Crippen LogP contribution < -0.4 is 4.74 Å². The van der Waals surface area contributed by atoms with Gasteiger partial charge < -0.3 is 4.74 Å². The van der Waals surface area contributed by atoms with Gasteiger partial charge in [0.1, 0.15) is 24.0 Å². The molecule has 0 heterocycles. The van der Waals surface area contributed by atoms with Crippen LogP contribution in [0.5, 0.6) is 5.75 Å². The summed E-state index contributed by atoms with van der Waals surface area (Å²) in [5, 5.41) is 0.558. The lowest BCUT2D eigenvalue weighted by atomic mass is 10.0. The van der Waals surface area contributed by atoms with Gasteiger partial charge in [-0.15, -0.1) is 0 Å². The molecule has 0 amide bonds. The summed E-state index contributed by atoms with van der Waals surface area (Å²) in [5.74, 6) is -1.46. The Labute approximate surface area is 125 Å². The van der Waals surface area contributed by atoms with Gasteiger partial charge in [-0.25, -0.2) is 8.78 Å². The third kappa shape index (κ3) is 3.11. The fraction of sp³-hybridized carbons (Fsp3) is 0.0667. The summed E-state index contributed by atoms with van der Waals surface area (Å²) in [6, 6.07) is 6.64. The molecule has 2 aromatic rings. The second-order valence-electron chi connectivity index (χ2n) is 3.99. The Hall–Kier alpha value is -1.58. The molecule has 0 aliphatic carbocycles. The van der Waals surface area contributed by atoms with Gasteiger partial charge in [0.05, 0.1) is 5.56 Å². The van der Waals surface area contributed by atoms with Crippen molar-refractivity contribution in [2.24, 2.45) is 0 Å². The zero-order valence-electron chi connectivity index (χ0n) is 10.3. The lowest BCUT2D eigenvalue weighted by Gasteiger charge is -2.10. The van der Waals surface area contributed by atoms with Crippen molar-refractivity contribution >= 4 is 23.2 Å². The highest BCUT2D eigenvalue weighted by atomic mass is 35.5. The topological polar surface area (TPSA) is 9.23 Å². The van der Waals surface area contributed by atoms with Crippen molar-refractivity contribution in [1.29, 1.82) is 0 Å². The highest BCUT2D eigenvalue weighted by Gasteiger charge is 2.16. The molecular formula is C15H10Cl2F2O. The average Bonchev–Trinajstić information content (AvgIpc) is 2.39. The molecule has 1 nitrogen and oxygen atoms in total. The van der Waals surface area contributed by atoms with E-state index >= 15 is 0 Å². The minimum atomic E-state index is -0.770. The van der Waals surface area contributed by atoms with Gasteiger partial charge in [-0.05, 0) is 18.2 Å². The van der Waals surface area contributed by atoms with Gasteiger partial charge in [-0.2, -0.15) is 0 Å². The summed E-state index contributed by atoms with van der Waals surface area (Å²) in [4.78, 5) is 0. The second-order valence-corrected chi connectivity index (χ2v) is 4.83. The Kier molecular flexibility index (Phi) is 4.63. The van der Waals surface area contributed by atoms with E-state index in [1.54, 1.807) is 6.07 Å². The Balaban J connectivity index is 2.52. The van der Waals surface area contributed by atoms with Gasteiger partial charge in [-0.1, -0.05) is 35.9 Å². The first kappa shape index (κ1) is 14.8. The van der Waals surface area contributed by atoms with Crippen LogP contribution >= 0.6 is 23.2 Å². The van der Waals surface area contributed by atoms with Crippen molar-refractivity contribution in [3.63, 3.8) is 0 Å². The standard InChI is InChI=1S/C15H10Cl2F2O/c1-2-5-20-10-7-13(18)15(14(19)8-10)11-6-9(16)3-4-12(11)17/h2-4,6-8H,1,5H2. The predicted molar refractivity (Wildman–Crippen MR) is 77.5 cm³/mol. The maximum atomic E-state index is 14.1. The van der Waals surface area contributed by atoms with Gasteiger partial charge in [0.15, 0.2) is 0 Å². The Morgan fingerprint density at radius 2 is 1.75 bits per heavy atom. The molecule has 2 aromatic carbocycles. The minimum absolute atomic E-state index is 0.0850. The number of hydrogen-bond donors (Lipinski definition) is 0. The Bertz CT molecular complexity index is 633. The molecule has 104 valence electrons. The van der Waals surface area contributed by atoms with E-state index in [1.165, 1.54) is 18.2 Å². The van der Waals surface area contributed by atoms with E-state index in [-0.39, 0.29) is 28.5 Å². The van der Waals surface area contributed by atoms with Crippen molar-refractivity contribution in [2.75, 3.05) is 6.61 Å². The molecule has 0 N–H and O–H groups in total. The molecule has 0 aliphatic heterocycles. The van der Waals surface area contributed by atoms with E-state index in [0.717, 1.165) is 12.1 Å². The molecule has 0 radical (unpaired) electrons. The Morgan fingerprint density at radius 3 is 2.35 bits per heavy atom. The average molecular weight is 315 g/mol. The molecule has 0 spiro atoms. The summed E-state index contributed by atoms with van der Waals surface area (Å²) in [7, 11) is 0. The third-order valence-corrected chi connectivity index (χ3v) is 3.15. The quantitative estimate of drug-likeness (QED) is 0.677. The van der Waals surface area contributed by atoms with E-state index in [2.05, 4.69) is 6.58 Å². The summed E-state index contributed by atoms with van der Waals surface area (Å²) < 4.78 is 33.3. The van der Waals surface area contributed by atoms with Gasteiger partial charge >= 0.3 is 0 Å². The Morgan fingerprint density at radius 1 is 1.10 bits per heavy atom. The zero-order chi connectivity index (χ0) is 14.7. The molecule has 0 saturated carbocycles. The van der Waals surface area contributed by atoms with Crippen LogP contribution in [0.3, 0.4) is 0 Å². The van der Waals surface area contributed by atoms with Crippen molar-refractivity contribution in [3.8, 4) is 16.9 Å². The van der Waals surface area contributed by atoms with Crippen LogP contribution in [-0.2, 0) is 0 Å². The van der Waals surface area contributed by atoms with Crippen LogP contribution in [0, 0.1) is 11.6 Å². The molecular weight excluding hydrogens is 305 g/mol. The summed E-state index contributed by atoms with van der Waals surface area (Å²) in [5.41, 5.74) is -0.0344. The lowest BCUT2D eigenvalue weighted by molar-refractivity contribution is 0.358. The second kappa shape index (κ2) is 6.25. The first-order valence-electron chi connectivity index (χ1n) is 5.71. The molecule has 0 aromatic heterocycles. The van der Waals surface area contributed by atoms with Gasteiger partial charge in [0.2, 0.25) is 0 Å². The fourth-order valence-electron chi connectivity index (χ4n) is 1.73. The van der Waals surface area contributed by atoms with Crippen molar-refractivity contribution in [3.05, 3.63) is 64.7 Å². The number of hydrogen-bond acceptors (Lipinski definition) is 1. The first-order chi connectivity index (χ1) is 9.52. The van der Waals surface area contributed by atoms with Crippen molar-refractivity contribution < 1.29 is 13.5 Å². The van der Waals surface area contributed by atoms with Crippen LogP contribution in [0.4, 0.5) is 8.78 Å². The van der Waals surface area contributed by atoms with E-state index in [9.17, 15) is 8.78 Å². The molecule has 0 aliphatic rings. The largest absolute Gasteiger partial charge is 0.489 e. The molecule has 0 fully saturated rings. The molecule has 2 rings (SSSR count). The van der Waals surface area contributed by atoms with Crippen molar-refractivity contribution in [1.82, 2.24) is 0 Å². The number of rotatable bonds is 4. The summed E-state index contributed by atoms with van der Waals surface area (Å²) in [6.45, 7) is 3.63. The van der Waals surface area contributed by atoms with E-state index < -0.39 is 11.6 Å². The van der Waals surface area contributed by atoms with Gasteiger partial charge in [-0.3, -0.25) is 0 Å². The zero-order valence-corrected chi connectivity index (χ0v) is 11.8. The number of benzene rings is 2. The van der Waals surface area contributed by atoms with Gasteiger partial charge in [0.25, 0.3) is 0 Å². The maximum absolute atomic E-state index is 14.1. The SMILES string of the molecule is C=CCOc1cc(F)c(-c2cc(Cl)ccc2Cl)c(F)c1. The van der Waals surface area contributed by atoms with E-state index in [1.807, 2.05) is 0 Å². The van der Waals surface area contributed by atoms with Gasteiger partial charge in [0, 0.05) is 27.7 Å². The molecule has 0 unspecified atom stereocenters. The lowest BCUT2D eigenvalue weighted by Crippen LogP contribution is -1.97. The van der Waals surface area contributed by atoms with Crippen LogP contribution in [0.1, 0.15) is 0 Å². The predicted octanol–water partition coefficient (Wildman–Crippen LogP) is 5.50. The third-order valence-electron chi connectivity index (χ3n) is 2.58. The molecule has 0 saturated heterocycles. The summed E-state index contributed by atoms with van der Waals surface area (Å²) in [6.07, 6.45) is 1.48. The number of ether oxygens (including phenoxy) is 1. The smallest absolute Gasteiger partial charge is 0.137 e. The van der Waals surface area contributed by atoms with E-state index in [4.69, 9.17) is 27.9 Å². The monoisotopic (exact) mass is 314 g/mol. The first-order valence-corrected chi connectivity index (χ1v) is 6.46. The van der Waals surface area contributed by atoms with Crippen LogP contribution in [0.15, 0.2) is 43.0 Å². The maximum Gasteiger partial charge on any atom is 0.137 e. The molecule has 0 bridgehead atoms. The van der Waals surface area contributed by atoms with Crippen LogP contribution in [0.25, 0.3) is 11.1 Å². The summed E-state index contributed by atoms with van der Waals surface area (Å²) >= 11 is 11.8.